The maximum absolute atomic E-state index is 12.5. The maximum Gasteiger partial charge on any atom is 0.254 e. The average Bonchev–Trinajstić information content (AvgIpc) is 2.41. The molecule has 0 atom stereocenters. The Labute approximate surface area is 129 Å². The molecule has 0 aromatic heterocycles. The number of hydrogen-bond acceptors (Lipinski definition) is 3. The number of benzene rings is 1. The first-order valence-corrected chi connectivity index (χ1v) is 7.32. The van der Waals surface area contributed by atoms with Gasteiger partial charge in [-0.05, 0) is 24.6 Å². The van der Waals surface area contributed by atoms with Gasteiger partial charge < -0.3 is 10.6 Å². The van der Waals surface area contributed by atoms with E-state index in [2.05, 4.69) is 4.90 Å². The first kappa shape index (κ1) is 15.2. The predicted molar refractivity (Wildman–Crippen MR) is 85.3 cm³/mol. The number of thiocarbonyl (C=S) groups is 1. The van der Waals surface area contributed by atoms with Crippen LogP contribution in [0.1, 0.15) is 15.9 Å². The van der Waals surface area contributed by atoms with Crippen molar-refractivity contribution in [1.29, 1.82) is 0 Å². The third-order valence-corrected chi connectivity index (χ3v) is 3.83. The number of hydrogen-bond donors (Lipinski definition) is 1. The molecule has 2 N–H and O–H groups in total. The van der Waals surface area contributed by atoms with Gasteiger partial charge in [0, 0.05) is 43.3 Å². The molecule has 1 saturated heterocycles. The zero-order valence-corrected chi connectivity index (χ0v) is 13.0. The Bertz CT molecular complexity index is 527. The molecule has 2 rings (SSSR count). The van der Waals surface area contributed by atoms with Crippen LogP contribution >= 0.6 is 23.8 Å². The van der Waals surface area contributed by atoms with Crippen molar-refractivity contribution in [2.24, 2.45) is 5.73 Å². The molecule has 4 nitrogen and oxygen atoms in total. The average molecular weight is 312 g/mol. The number of nitrogens with zero attached hydrogens (tertiary/aromatic N) is 2. The van der Waals surface area contributed by atoms with Crippen molar-refractivity contribution in [3.63, 3.8) is 0 Å². The lowest BCUT2D eigenvalue weighted by Gasteiger charge is -2.34. The van der Waals surface area contributed by atoms with E-state index < -0.39 is 0 Å². The van der Waals surface area contributed by atoms with Crippen molar-refractivity contribution < 1.29 is 4.79 Å². The number of halogens is 1. The van der Waals surface area contributed by atoms with Gasteiger partial charge in [0.15, 0.2) is 0 Å². The molecule has 0 bridgehead atoms. The molecule has 1 amide bonds. The van der Waals surface area contributed by atoms with Crippen LogP contribution < -0.4 is 5.73 Å². The molecule has 0 aliphatic carbocycles. The van der Waals surface area contributed by atoms with Crippen LogP contribution in [0, 0.1) is 6.92 Å². The van der Waals surface area contributed by atoms with Crippen molar-refractivity contribution in [2.75, 3.05) is 32.7 Å². The Balaban J connectivity index is 2.01. The van der Waals surface area contributed by atoms with Gasteiger partial charge in [0.05, 0.1) is 4.99 Å². The quantitative estimate of drug-likeness (QED) is 0.863. The summed E-state index contributed by atoms with van der Waals surface area (Å²) in [7, 11) is 0. The zero-order chi connectivity index (χ0) is 14.7. The number of amides is 1. The zero-order valence-electron chi connectivity index (χ0n) is 11.4. The third kappa shape index (κ3) is 3.69. The van der Waals surface area contributed by atoms with Crippen LogP contribution in [-0.4, -0.2) is 53.4 Å². The fraction of sp³-hybridized carbons (Fsp3) is 0.429. The van der Waals surface area contributed by atoms with Gasteiger partial charge in [-0.25, -0.2) is 0 Å². The fourth-order valence-electron chi connectivity index (χ4n) is 2.32. The number of piperazine rings is 1. The van der Waals surface area contributed by atoms with Crippen molar-refractivity contribution in [1.82, 2.24) is 9.80 Å². The molecule has 1 heterocycles. The van der Waals surface area contributed by atoms with E-state index in [1.165, 1.54) is 0 Å². The second kappa shape index (κ2) is 6.52. The van der Waals surface area contributed by atoms with Crippen LogP contribution in [0.25, 0.3) is 0 Å². The minimum absolute atomic E-state index is 0.0416. The molecule has 6 heteroatoms. The molecule has 20 heavy (non-hydrogen) atoms. The molecular weight excluding hydrogens is 294 g/mol. The molecule has 1 aromatic carbocycles. The Morgan fingerprint density at radius 3 is 2.60 bits per heavy atom. The first-order chi connectivity index (χ1) is 9.47. The standard InChI is InChI=1S/C14H18ClN3OS/c1-10-2-3-11(15)8-12(10)14(19)18-6-4-17(5-7-18)9-13(16)20/h2-3,8H,4-7,9H2,1H3,(H2,16,20). The van der Waals surface area contributed by atoms with Crippen LogP contribution in [0.4, 0.5) is 0 Å². The molecule has 0 spiro atoms. The summed E-state index contributed by atoms with van der Waals surface area (Å²) >= 11 is 10.9. The minimum Gasteiger partial charge on any atom is -0.392 e. The van der Waals surface area contributed by atoms with Crippen LogP contribution in [0.15, 0.2) is 18.2 Å². The van der Waals surface area contributed by atoms with E-state index in [0.717, 1.165) is 18.7 Å². The number of nitrogens with two attached hydrogens (primary N) is 1. The van der Waals surface area contributed by atoms with Crippen molar-refractivity contribution in [3.05, 3.63) is 34.3 Å². The van der Waals surface area contributed by atoms with E-state index in [-0.39, 0.29) is 5.91 Å². The maximum atomic E-state index is 12.5. The van der Waals surface area contributed by atoms with Gasteiger partial charge in [0.2, 0.25) is 0 Å². The largest absolute Gasteiger partial charge is 0.392 e. The summed E-state index contributed by atoms with van der Waals surface area (Å²) in [5, 5.41) is 0.589. The topological polar surface area (TPSA) is 49.6 Å². The van der Waals surface area contributed by atoms with Crippen LogP contribution in [0.5, 0.6) is 0 Å². The summed E-state index contributed by atoms with van der Waals surface area (Å²) in [6.45, 7) is 5.51. The Morgan fingerprint density at radius 2 is 2.00 bits per heavy atom. The van der Waals surface area contributed by atoms with Gasteiger partial charge in [0.1, 0.15) is 0 Å². The molecule has 0 radical (unpaired) electrons. The lowest BCUT2D eigenvalue weighted by molar-refractivity contribution is 0.0653. The molecule has 1 fully saturated rings. The van der Waals surface area contributed by atoms with Crippen molar-refractivity contribution in [2.45, 2.75) is 6.92 Å². The van der Waals surface area contributed by atoms with Crippen LogP contribution in [0.2, 0.25) is 5.02 Å². The first-order valence-electron chi connectivity index (χ1n) is 6.53. The van der Waals surface area contributed by atoms with E-state index in [0.29, 0.717) is 35.2 Å². The number of carbonyl (C=O) groups excluding carboxylic acids is 1. The van der Waals surface area contributed by atoms with E-state index in [1.807, 2.05) is 17.9 Å². The van der Waals surface area contributed by atoms with Gasteiger partial charge in [-0.1, -0.05) is 29.9 Å². The lowest BCUT2D eigenvalue weighted by Crippen LogP contribution is -2.50. The van der Waals surface area contributed by atoms with Crippen molar-refractivity contribution in [3.8, 4) is 0 Å². The molecule has 108 valence electrons. The summed E-state index contributed by atoms with van der Waals surface area (Å²) < 4.78 is 0. The van der Waals surface area contributed by atoms with Crippen LogP contribution in [-0.2, 0) is 0 Å². The smallest absolute Gasteiger partial charge is 0.254 e. The fourth-order valence-corrected chi connectivity index (χ4v) is 2.68. The summed E-state index contributed by atoms with van der Waals surface area (Å²) in [4.78, 5) is 17.0. The second-order valence-electron chi connectivity index (χ2n) is 4.99. The Hall–Kier alpha value is -1.17. The third-order valence-electron chi connectivity index (χ3n) is 3.47. The van der Waals surface area contributed by atoms with E-state index in [9.17, 15) is 4.79 Å². The number of aryl methyl sites for hydroxylation is 1. The Morgan fingerprint density at radius 1 is 1.35 bits per heavy atom. The van der Waals surface area contributed by atoms with E-state index >= 15 is 0 Å². The monoisotopic (exact) mass is 311 g/mol. The van der Waals surface area contributed by atoms with Gasteiger partial charge in [-0.2, -0.15) is 0 Å². The summed E-state index contributed by atoms with van der Waals surface area (Å²) in [6.07, 6.45) is 0. The summed E-state index contributed by atoms with van der Waals surface area (Å²) in [6, 6.07) is 5.41. The number of carbonyl (C=O) groups is 1. The minimum atomic E-state index is 0.0416. The van der Waals surface area contributed by atoms with E-state index in [4.69, 9.17) is 29.6 Å². The lowest BCUT2D eigenvalue weighted by atomic mass is 10.1. The molecule has 1 aromatic rings. The van der Waals surface area contributed by atoms with E-state index in [1.54, 1.807) is 12.1 Å². The predicted octanol–water partition coefficient (Wildman–Crippen LogP) is 1.69. The van der Waals surface area contributed by atoms with Gasteiger partial charge >= 0.3 is 0 Å². The number of rotatable bonds is 3. The van der Waals surface area contributed by atoms with Gasteiger partial charge in [-0.3, -0.25) is 9.69 Å². The molecule has 1 aliphatic rings. The van der Waals surface area contributed by atoms with Crippen LogP contribution in [0.3, 0.4) is 0 Å². The second-order valence-corrected chi connectivity index (χ2v) is 5.95. The Kier molecular flexibility index (Phi) is 4.96. The van der Waals surface area contributed by atoms with Gasteiger partial charge in [-0.15, -0.1) is 0 Å². The highest BCUT2D eigenvalue weighted by Gasteiger charge is 2.23. The highest BCUT2D eigenvalue weighted by Crippen LogP contribution is 2.18. The molecule has 0 unspecified atom stereocenters. The normalized spacial score (nSPS) is 16.2. The SMILES string of the molecule is Cc1ccc(Cl)cc1C(=O)N1CCN(CC(N)=S)CC1. The highest BCUT2D eigenvalue weighted by atomic mass is 35.5. The summed E-state index contributed by atoms with van der Waals surface area (Å²) in [5.41, 5.74) is 7.17. The molecular formula is C14H18ClN3OS. The molecule has 0 saturated carbocycles. The van der Waals surface area contributed by atoms with Crippen molar-refractivity contribution >= 4 is 34.7 Å². The molecule has 1 aliphatic heterocycles. The summed E-state index contributed by atoms with van der Waals surface area (Å²) in [5.74, 6) is 0.0416. The van der Waals surface area contributed by atoms with Gasteiger partial charge in [0.25, 0.3) is 5.91 Å². The highest BCUT2D eigenvalue weighted by molar-refractivity contribution is 7.80.